The molecular formula is C14H22N2. The number of nitrogens with two attached hydrogens (primary N) is 1. The van der Waals surface area contributed by atoms with Gasteiger partial charge in [-0.15, -0.1) is 6.58 Å². The van der Waals surface area contributed by atoms with Crippen molar-refractivity contribution in [1.29, 1.82) is 0 Å². The number of nitrogens with zero attached hydrogens (tertiary/aromatic N) is 1. The third-order valence-electron chi connectivity index (χ3n) is 2.74. The number of hydrogen-bond acceptors (Lipinski definition) is 2. The molecule has 0 radical (unpaired) electrons. The maximum atomic E-state index is 5.96. The Kier molecular flexibility index (Phi) is 5.06. The number of anilines is 1. The van der Waals surface area contributed by atoms with E-state index in [1.165, 1.54) is 11.3 Å². The summed E-state index contributed by atoms with van der Waals surface area (Å²) in [6.45, 7) is 6.80. The van der Waals surface area contributed by atoms with Crippen LogP contribution in [0, 0.1) is 0 Å². The topological polar surface area (TPSA) is 29.3 Å². The van der Waals surface area contributed by atoms with Crippen LogP contribution >= 0.6 is 0 Å². The second kappa shape index (κ2) is 6.33. The second-order valence-electron chi connectivity index (χ2n) is 4.20. The third-order valence-corrected chi connectivity index (χ3v) is 2.74. The van der Waals surface area contributed by atoms with Crippen LogP contribution in [-0.4, -0.2) is 13.6 Å². The molecule has 16 heavy (non-hydrogen) atoms. The Morgan fingerprint density at radius 1 is 1.44 bits per heavy atom. The van der Waals surface area contributed by atoms with Gasteiger partial charge in [0, 0.05) is 25.3 Å². The summed E-state index contributed by atoms with van der Waals surface area (Å²) in [6, 6.07) is 8.42. The largest absolute Gasteiger partial charge is 0.374 e. The van der Waals surface area contributed by atoms with Gasteiger partial charge in [-0.3, -0.25) is 0 Å². The quantitative estimate of drug-likeness (QED) is 0.587. The van der Waals surface area contributed by atoms with E-state index in [0.29, 0.717) is 0 Å². The molecule has 1 atom stereocenters. The molecule has 2 N–H and O–H groups in total. The van der Waals surface area contributed by atoms with E-state index in [9.17, 15) is 0 Å². The zero-order chi connectivity index (χ0) is 12.0. The lowest BCUT2D eigenvalue weighted by Gasteiger charge is -2.23. The highest BCUT2D eigenvalue weighted by atomic mass is 15.1. The van der Waals surface area contributed by atoms with Crippen molar-refractivity contribution in [2.75, 3.05) is 18.5 Å². The molecule has 0 saturated carbocycles. The zero-order valence-corrected chi connectivity index (χ0v) is 10.3. The van der Waals surface area contributed by atoms with Crippen LogP contribution in [0.15, 0.2) is 36.9 Å². The van der Waals surface area contributed by atoms with Crippen molar-refractivity contribution in [2.45, 2.75) is 25.8 Å². The van der Waals surface area contributed by atoms with Crippen LogP contribution in [0.4, 0.5) is 5.69 Å². The summed E-state index contributed by atoms with van der Waals surface area (Å²) < 4.78 is 0. The fourth-order valence-corrected chi connectivity index (χ4v) is 1.81. The Bertz CT molecular complexity index is 331. The predicted molar refractivity (Wildman–Crippen MR) is 71.7 cm³/mol. The van der Waals surface area contributed by atoms with E-state index in [1.54, 1.807) is 0 Å². The molecule has 0 aliphatic heterocycles. The molecule has 0 aliphatic rings. The average Bonchev–Trinajstić information content (AvgIpc) is 2.29. The van der Waals surface area contributed by atoms with Gasteiger partial charge in [-0.2, -0.15) is 0 Å². The summed E-state index contributed by atoms with van der Waals surface area (Å²) in [5.74, 6) is 0. The Morgan fingerprint density at radius 3 is 2.75 bits per heavy atom. The molecule has 0 aliphatic carbocycles. The maximum Gasteiger partial charge on any atom is 0.0411 e. The van der Waals surface area contributed by atoms with Crippen LogP contribution in [0.3, 0.4) is 0 Å². The minimum absolute atomic E-state index is 0.0815. The summed E-state index contributed by atoms with van der Waals surface area (Å²) in [5, 5.41) is 0. The Morgan fingerprint density at radius 2 is 2.12 bits per heavy atom. The number of benzene rings is 1. The third kappa shape index (κ3) is 3.38. The highest BCUT2D eigenvalue weighted by Crippen LogP contribution is 2.24. The van der Waals surface area contributed by atoms with Crippen molar-refractivity contribution in [2.24, 2.45) is 5.73 Å². The molecule has 2 nitrogen and oxygen atoms in total. The van der Waals surface area contributed by atoms with E-state index in [2.05, 4.69) is 36.7 Å². The molecule has 1 aromatic rings. The van der Waals surface area contributed by atoms with Crippen LogP contribution < -0.4 is 10.6 Å². The maximum absolute atomic E-state index is 5.96. The first-order valence-corrected chi connectivity index (χ1v) is 5.83. The number of hydrogen-bond donors (Lipinski definition) is 1. The van der Waals surface area contributed by atoms with Crippen LogP contribution in [0.2, 0.25) is 0 Å². The van der Waals surface area contributed by atoms with Gasteiger partial charge >= 0.3 is 0 Å². The van der Waals surface area contributed by atoms with Crippen LogP contribution in [0.25, 0.3) is 0 Å². The van der Waals surface area contributed by atoms with E-state index >= 15 is 0 Å². The number of allylic oxidation sites excluding steroid dienone is 1. The van der Waals surface area contributed by atoms with Crippen molar-refractivity contribution < 1.29 is 0 Å². The molecule has 0 bridgehead atoms. The molecule has 1 aromatic carbocycles. The minimum atomic E-state index is 0.0815. The van der Waals surface area contributed by atoms with Gasteiger partial charge in [0.1, 0.15) is 0 Å². The van der Waals surface area contributed by atoms with Crippen molar-refractivity contribution in [3.05, 3.63) is 42.5 Å². The van der Waals surface area contributed by atoms with E-state index in [4.69, 9.17) is 5.73 Å². The highest BCUT2D eigenvalue weighted by Gasteiger charge is 2.09. The van der Waals surface area contributed by atoms with Crippen molar-refractivity contribution in [3.8, 4) is 0 Å². The van der Waals surface area contributed by atoms with Gasteiger partial charge in [0.25, 0.3) is 0 Å². The molecule has 0 aromatic heterocycles. The van der Waals surface area contributed by atoms with Crippen molar-refractivity contribution >= 4 is 5.69 Å². The van der Waals surface area contributed by atoms with Gasteiger partial charge in [0.2, 0.25) is 0 Å². The Hall–Kier alpha value is -1.28. The van der Waals surface area contributed by atoms with Crippen LogP contribution in [0.1, 0.15) is 31.4 Å². The molecule has 0 fully saturated rings. The Balaban J connectivity index is 2.73. The predicted octanol–water partition coefficient (Wildman–Crippen LogP) is 3.11. The molecule has 88 valence electrons. The average molecular weight is 218 g/mol. The minimum Gasteiger partial charge on any atom is -0.374 e. The fourth-order valence-electron chi connectivity index (χ4n) is 1.81. The first-order chi connectivity index (χ1) is 7.66. The standard InChI is InChI=1S/C14H22N2/c1-4-5-8-11-16(3)14-10-7-6-9-13(14)12(2)15/h4,6-7,9-10,12H,1,5,8,11,15H2,2-3H3/t12-/m1/s1. The van der Waals surface area contributed by atoms with Crippen molar-refractivity contribution in [3.63, 3.8) is 0 Å². The lowest BCUT2D eigenvalue weighted by atomic mass is 10.1. The van der Waals surface area contributed by atoms with Crippen LogP contribution in [-0.2, 0) is 0 Å². The molecule has 0 heterocycles. The lowest BCUT2D eigenvalue weighted by molar-refractivity contribution is 0.773. The van der Waals surface area contributed by atoms with Gasteiger partial charge < -0.3 is 10.6 Å². The number of para-hydroxylation sites is 1. The molecule has 0 amide bonds. The van der Waals surface area contributed by atoms with E-state index in [0.717, 1.165) is 19.4 Å². The van der Waals surface area contributed by atoms with E-state index < -0.39 is 0 Å². The summed E-state index contributed by atoms with van der Waals surface area (Å²) in [4.78, 5) is 2.27. The summed E-state index contributed by atoms with van der Waals surface area (Å²) in [7, 11) is 2.12. The van der Waals surface area contributed by atoms with E-state index in [-0.39, 0.29) is 6.04 Å². The first-order valence-electron chi connectivity index (χ1n) is 5.83. The lowest BCUT2D eigenvalue weighted by Crippen LogP contribution is -2.21. The number of unbranched alkanes of at least 4 members (excludes halogenated alkanes) is 1. The van der Waals surface area contributed by atoms with Gasteiger partial charge in [-0.25, -0.2) is 0 Å². The zero-order valence-electron chi connectivity index (χ0n) is 10.3. The molecule has 2 heteroatoms. The summed E-state index contributed by atoms with van der Waals surface area (Å²) >= 11 is 0. The molecule has 0 spiro atoms. The van der Waals surface area contributed by atoms with Gasteiger partial charge in [-0.05, 0) is 31.4 Å². The summed E-state index contributed by atoms with van der Waals surface area (Å²) in [5.41, 5.74) is 8.41. The Labute approximate surface area is 98.8 Å². The van der Waals surface area contributed by atoms with E-state index in [1.807, 2.05) is 19.1 Å². The second-order valence-corrected chi connectivity index (χ2v) is 4.20. The summed E-state index contributed by atoms with van der Waals surface area (Å²) in [6.07, 6.45) is 4.16. The molecule has 0 unspecified atom stereocenters. The normalized spacial score (nSPS) is 12.2. The molecule has 0 saturated heterocycles. The van der Waals surface area contributed by atoms with Gasteiger partial charge in [0.05, 0.1) is 0 Å². The fraction of sp³-hybridized carbons (Fsp3) is 0.429. The van der Waals surface area contributed by atoms with Crippen molar-refractivity contribution in [1.82, 2.24) is 0 Å². The smallest absolute Gasteiger partial charge is 0.0411 e. The molecular weight excluding hydrogens is 196 g/mol. The monoisotopic (exact) mass is 218 g/mol. The van der Waals surface area contributed by atoms with Gasteiger partial charge in [-0.1, -0.05) is 24.3 Å². The molecule has 1 rings (SSSR count). The van der Waals surface area contributed by atoms with Crippen LogP contribution in [0.5, 0.6) is 0 Å². The number of rotatable bonds is 6. The van der Waals surface area contributed by atoms with Gasteiger partial charge in [0.15, 0.2) is 0 Å². The first kappa shape index (κ1) is 12.8. The highest BCUT2D eigenvalue weighted by molar-refractivity contribution is 5.54. The SMILES string of the molecule is C=CCCCN(C)c1ccccc1[C@@H](C)N.